The summed E-state index contributed by atoms with van der Waals surface area (Å²) in [6, 6.07) is -0.262. The summed E-state index contributed by atoms with van der Waals surface area (Å²) in [5.74, 6) is 0.248. The van der Waals surface area contributed by atoms with Gasteiger partial charge in [-0.1, -0.05) is 12.8 Å². The molecule has 5 heteroatoms. The highest BCUT2D eigenvalue weighted by Crippen LogP contribution is 2.32. The minimum atomic E-state index is -0.580. The Bertz CT molecular complexity index is 346. The first-order chi connectivity index (χ1) is 9.11. The van der Waals surface area contributed by atoms with Crippen LogP contribution >= 0.6 is 0 Å². The second-order valence-electron chi connectivity index (χ2n) is 5.70. The van der Waals surface area contributed by atoms with Crippen LogP contribution in [0, 0.1) is 5.92 Å². The number of hydrogen-bond donors (Lipinski definition) is 2. The molecule has 2 fully saturated rings. The molecule has 1 heterocycles. The smallest absolute Gasteiger partial charge is 0.328 e. The lowest BCUT2D eigenvalue weighted by Crippen LogP contribution is -2.56. The highest BCUT2D eigenvalue weighted by Gasteiger charge is 2.35. The van der Waals surface area contributed by atoms with Gasteiger partial charge in [0.1, 0.15) is 6.04 Å². The summed E-state index contributed by atoms with van der Waals surface area (Å²) < 4.78 is 4.61. The van der Waals surface area contributed by atoms with Crippen LogP contribution in [0.2, 0.25) is 0 Å². The fraction of sp³-hybridized carbons (Fsp3) is 0.857. The molecule has 4 atom stereocenters. The third kappa shape index (κ3) is 3.47. The van der Waals surface area contributed by atoms with E-state index in [0.717, 1.165) is 18.8 Å². The summed E-state index contributed by atoms with van der Waals surface area (Å²) in [7, 11) is 1.33. The highest BCUT2D eigenvalue weighted by atomic mass is 16.5. The van der Waals surface area contributed by atoms with E-state index in [1.807, 2.05) is 0 Å². The highest BCUT2D eigenvalue weighted by molar-refractivity contribution is 5.87. The number of amides is 1. The van der Waals surface area contributed by atoms with Gasteiger partial charge in [-0.2, -0.15) is 0 Å². The van der Waals surface area contributed by atoms with E-state index in [1.54, 1.807) is 6.92 Å². The van der Waals surface area contributed by atoms with Gasteiger partial charge in [0.15, 0.2) is 0 Å². The van der Waals surface area contributed by atoms with Crippen molar-refractivity contribution in [2.75, 3.05) is 7.11 Å². The standard InChI is InChI=1S/C14H24N2O3/c1-9(14(18)19-2)15-13(17)12-8-7-10-5-3-4-6-11(10)16-12/h9-12,16H,3-8H2,1-2H3,(H,15,17). The van der Waals surface area contributed by atoms with E-state index in [4.69, 9.17) is 0 Å². The minimum Gasteiger partial charge on any atom is -0.467 e. The SMILES string of the molecule is COC(=O)C(C)NC(=O)C1CCC2CCCCC2N1. The van der Waals surface area contributed by atoms with E-state index in [1.165, 1.54) is 32.8 Å². The van der Waals surface area contributed by atoms with Gasteiger partial charge >= 0.3 is 5.97 Å². The van der Waals surface area contributed by atoms with Gasteiger partial charge in [0.25, 0.3) is 0 Å². The number of fused-ring (bicyclic) bond motifs is 1. The molecule has 1 aliphatic heterocycles. The largest absolute Gasteiger partial charge is 0.467 e. The zero-order valence-corrected chi connectivity index (χ0v) is 11.8. The maximum atomic E-state index is 12.1. The average molecular weight is 268 g/mol. The molecule has 108 valence electrons. The second kappa shape index (κ2) is 6.37. The first-order valence-electron chi connectivity index (χ1n) is 7.26. The van der Waals surface area contributed by atoms with E-state index in [-0.39, 0.29) is 11.9 Å². The number of nitrogens with one attached hydrogen (secondary N) is 2. The normalized spacial score (nSPS) is 32.0. The van der Waals surface area contributed by atoms with Gasteiger partial charge in [-0.25, -0.2) is 4.79 Å². The van der Waals surface area contributed by atoms with E-state index in [2.05, 4.69) is 15.4 Å². The van der Waals surface area contributed by atoms with Crippen molar-refractivity contribution in [1.29, 1.82) is 0 Å². The molecule has 0 aromatic rings. The molecule has 4 unspecified atom stereocenters. The van der Waals surface area contributed by atoms with Gasteiger partial charge in [-0.15, -0.1) is 0 Å². The Morgan fingerprint density at radius 1 is 1.21 bits per heavy atom. The first-order valence-corrected chi connectivity index (χ1v) is 7.26. The first kappa shape index (κ1) is 14.3. The van der Waals surface area contributed by atoms with Crippen LogP contribution in [0.5, 0.6) is 0 Å². The van der Waals surface area contributed by atoms with Crippen molar-refractivity contribution in [2.24, 2.45) is 5.92 Å². The molecule has 2 rings (SSSR count). The van der Waals surface area contributed by atoms with E-state index in [9.17, 15) is 9.59 Å². The van der Waals surface area contributed by atoms with Gasteiger partial charge in [0.05, 0.1) is 13.2 Å². The number of hydrogen-bond acceptors (Lipinski definition) is 4. The lowest BCUT2D eigenvalue weighted by atomic mass is 9.77. The Balaban J connectivity index is 1.85. The Labute approximate surface area is 114 Å². The van der Waals surface area contributed by atoms with Crippen LogP contribution in [0.25, 0.3) is 0 Å². The van der Waals surface area contributed by atoms with Crippen molar-refractivity contribution in [1.82, 2.24) is 10.6 Å². The Kier molecular flexibility index (Phi) is 4.80. The summed E-state index contributed by atoms with van der Waals surface area (Å²) in [4.78, 5) is 23.4. The summed E-state index contributed by atoms with van der Waals surface area (Å²) in [5.41, 5.74) is 0. The van der Waals surface area contributed by atoms with Crippen molar-refractivity contribution < 1.29 is 14.3 Å². The number of methoxy groups -OCH3 is 1. The molecule has 19 heavy (non-hydrogen) atoms. The van der Waals surface area contributed by atoms with Gasteiger partial charge < -0.3 is 15.4 Å². The lowest BCUT2D eigenvalue weighted by Gasteiger charge is -2.40. The third-order valence-electron chi connectivity index (χ3n) is 4.38. The third-order valence-corrected chi connectivity index (χ3v) is 4.38. The van der Waals surface area contributed by atoms with E-state index in [0.29, 0.717) is 6.04 Å². The molecule has 2 N–H and O–H groups in total. The molecule has 0 aromatic heterocycles. The molecular weight excluding hydrogens is 244 g/mol. The monoisotopic (exact) mass is 268 g/mol. The van der Waals surface area contributed by atoms with Crippen LogP contribution in [-0.4, -0.2) is 37.1 Å². The van der Waals surface area contributed by atoms with E-state index < -0.39 is 12.0 Å². The predicted octanol–water partition coefficient (Wildman–Crippen LogP) is 0.975. The van der Waals surface area contributed by atoms with Gasteiger partial charge in [0, 0.05) is 6.04 Å². The Morgan fingerprint density at radius 2 is 1.95 bits per heavy atom. The molecule has 2 aliphatic rings. The van der Waals surface area contributed by atoms with Crippen molar-refractivity contribution in [3.8, 4) is 0 Å². The van der Waals surface area contributed by atoms with Crippen LogP contribution in [0.15, 0.2) is 0 Å². The number of carbonyl (C=O) groups is 2. The predicted molar refractivity (Wildman–Crippen MR) is 71.5 cm³/mol. The summed E-state index contributed by atoms with van der Waals surface area (Å²) in [5, 5.41) is 6.17. The fourth-order valence-corrected chi connectivity index (χ4v) is 3.25. The minimum absolute atomic E-state index is 0.0816. The Hall–Kier alpha value is -1.10. The molecule has 1 aliphatic carbocycles. The molecule has 0 bridgehead atoms. The zero-order valence-electron chi connectivity index (χ0n) is 11.8. The zero-order chi connectivity index (χ0) is 13.8. The van der Waals surface area contributed by atoms with Gasteiger partial charge in [-0.05, 0) is 38.5 Å². The maximum absolute atomic E-state index is 12.1. The number of rotatable bonds is 3. The lowest BCUT2D eigenvalue weighted by molar-refractivity contribution is -0.144. The van der Waals surface area contributed by atoms with Crippen LogP contribution in [0.3, 0.4) is 0 Å². The number of carbonyl (C=O) groups excluding carboxylic acids is 2. The number of ether oxygens (including phenoxy) is 1. The maximum Gasteiger partial charge on any atom is 0.328 e. The average Bonchev–Trinajstić information content (AvgIpc) is 2.45. The molecule has 5 nitrogen and oxygen atoms in total. The van der Waals surface area contributed by atoms with E-state index >= 15 is 0 Å². The summed E-state index contributed by atoms with van der Waals surface area (Å²) in [6.45, 7) is 1.65. The fourth-order valence-electron chi connectivity index (χ4n) is 3.25. The number of esters is 1. The van der Waals surface area contributed by atoms with Crippen molar-refractivity contribution in [2.45, 2.75) is 63.6 Å². The Morgan fingerprint density at radius 3 is 2.68 bits per heavy atom. The molecule has 0 spiro atoms. The molecular formula is C14H24N2O3. The second-order valence-corrected chi connectivity index (χ2v) is 5.70. The molecule has 1 saturated heterocycles. The topological polar surface area (TPSA) is 67.4 Å². The van der Waals surface area contributed by atoms with Crippen LogP contribution < -0.4 is 10.6 Å². The summed E-state index contributed by atoms with van der Waals surface area (Å²) in [6.07, 6.45) is 7.00. The molecule has 1 saturated carbocycles. The van der Waals surface area contributed by atoms with Gasteiger partial charge in [0.2, 0.25) is 5.91 Å². The van der Waals surface area contributed by atoms with Crippen molar-refractivity contribution in [3.63, 3.8) is 0 Å². The van der Waals surface area contributed by atoms with Crippen LogP contribution in [0.4, 0.5) is 0 Å². The molecule has 0 aromatic carbocycles. The van der Waals surface area contributed by atoms with Crippen LogP contribution in [-0.2, 0) is 14.3 Å². The molecule has 1 amide bonds. The van der Waals surface area contributed by atoms with Crippen molar-refractivity contribution in [3.05, 3.63) is 0 Å². The summed E-state index contributed by atoms with van der Waals surface area (Å²) >= 11 is 0. The van der Waals surface area contributed by atoms with Gasteiger partial charge in [-0.3, -0.25) is 4.79 Å². The van der Waals surface area contributed by atoms with Crippen molar-refractivity contribution >= 4 is 11.9 Å². The molecule has 0 radical (unpaired) electrons. The van der Waals surface area contributed by atoms with Crippen LogP contribution in [0.1, 0.15) is 45.4 Å². The quantitative estimate of drug-likeness (QED) is 0.749. The number of piperidine rings is 1.